The number of benzene rings is 1. The molecule has 8 heteroatoms. The van der Waals surface area contributed by atoms with Crippen LogP contribution in [0.5, 0.6) is 5.75 Å². The van der Waals surface area contributed by atoms with Crippen LogP contribution in [-0.2, 0) is 6.18 Å². The lowest BCUT2D eigenvalue weighted by Gasteiger charge is -2.34. The molecular formula is C20H21F3N4O. The number of hydrogen-bond donors (Lipinski definition) is 2. The van der Waals surface area contributed by atoms with Gasteiger partial charge in [0.15, 0.2) is 0 Å². The molecule has 2 aromatic heterocycles. The second-order valence-corrected chi connectivity index (χ2v) is 7.27. The van der Waals surface area contributed by atoms with Gasteiger partial charge in [-0.25, -0.2) is 4.98 Å². The number of piperidine rings is 1. The molecule has 1 aliphatic heterocycles. The molecule has 28 heavy (non-hydrogen) atoms. The summed E-state index contributed by atoms with van der Waals surface area (Å²) >= 11 is 0. The van der Waals surface area contributed by atoms with Gasteiger partial charge in [0.2, 0.25) is 0 Å². The van der Waals surface area contributed by atoms with E-state index in [9.17, 15) is 13.2 Å². The molecule has 3 aromatic rings. The number of ether oxygens (including phenoxy) is 1. The van der Waals surface area contributed by atoms with Crippen molar-refractivity contribution in [2.75, 3.05) is 6.61 Å². The first-order chi connectivity index (χ1) is 13.4. The van der Waals surface area contributed by atoms with Gasteiger partial charge in [-0.1, -0.05) is 6.07 Å². The highest BCUT2D eigenvalue weighted by atomic mass is 19.4. The Bertz CT molecular complexity index is 942. The molecule has 1 saturated heterocycles. The lowest BCUT2D eigenvalue weighted by Crippen LogP contribution is -2.46. The molecule has 0 amide bonds. The number of rotatable bonds is 4. The molecular weight excluding hydrogens is 369 g/mol. The van der Waals surface area contributed by atoms with Crippen molar-refractivity contribution in [3.63, 3.8) is 0 Å². The van der Waals surface area contributed by atoms with Crippen molar-refractivity contribution in [2.24, 2.45) is 0 Å². The summed E-state index contributed by atoms with van der Waals surface area (Å²) in [6, 6.07) is 8.75. The average Bonchev–Trinajstić information content (AvgIpc) is 3.13. The molecule has 3 atom stereocenters. The van der Waals surface area contributed by atoms with Crippen molar-refractivity contribution in [3.05, 3.63) is 54.1 Å². The van der Waals surface area contributed by atoms with Crippen molar-refractivity contribution < 1.29 is 17.9 Å². The number of halogens is 3. The number of aromatic nitrogens is 3. The quantitative estimate of drug-likeness (QED) is 0.698. The fraction of sp³-hybridized carbons (Fsp3) is 0.400. The Morgan fingerprint density at radius 3 is 2.79 bits per heavy atom. The van der Waals surface area contributed by atoms with E-state index in [0.29, 0.717) is 11.4 Å². The number of fused-ring (bicyclic) bond motifs is 1. The molecule has 3 heterocycles. The largest absolute Gasteiger partial charge is 0.492 e. The van der Waals surface area contributed by atoms with E-state index in [1.54, 1.807) is 12.3 Å². The predicted octanol–water partition coefficient (Wildman–Crippen LogP) is 4.28. The molecule has 0 aliphatic carbocycles. The van der Waals surface area contributed by atoms with E-state index >= 15 is 0 Å². The van der Waals surface area contributed by atoms with Gasteiger partial charge in [-0.2, -0.15) is 13.2 Å². The van der Waals surface area contributed by atoms with Crippen LogP contribution in [0.25, 0.3) is 11.0 Å². The predicted molar refractivity (Wildman–Crippen MR) is 99.2 cm³/mol. The van der Waals surface area contributed by atoms with E-state index in [0.717, 1.165) is 24.6 Å². The van der Waals surface area contributed by atoms with Crippen LogP contribution in [0.4, 0.5) is 13.2 Å². The third kappa shape index (κ3) is 3.96. The maximum Gasteiger partial charge on any atom is 0.418 e. The Labute approximate surface area is 160 Å². The van der Waals surface area contributed by atoms with Crippen molar-refractivity contribution in [2.45, 2.75) is 43.9 Å². The highest BCUT2D eigenvalue weighted by Gasteiger charge is 2.34. The Morgan fingerprint density at radius 1 is 1.18 bits per heavy atom. The van der Waals surface area contributed by atoms with Crippen LogP contribution in [0.15, 0.2) is 42.9 Å². The number of H-pyrrole nitrogens is 1. The molecule has 0 radical (unpaired) electrons. The van der Waals surface area contributed by atoms with Crippen LogP contribution < -0.4 is 10.1 Å². The summed E-state index contributed by atoms with van der Waals surface area (Å²) in [5.41, 5.74) is 0.456. The van der Waals surface area contributed by atoms with E-state index in [4.69, 9.17) is 4.74 Å². The summed E-state index contributed by atoms with van der Waals surface area (Å²) in [5.74, 6) is 0.477. The Hall–Kier alpha value is -2.61. The number of pyridine rings is 1. The van der Waals surface area contributed by atoms with Crippen LogP contribution in [0.2, 0.25) is 0 Å². The van der Waals surface area contributed by atoms with E-state index < -0.39 is 11.7 Å². The standard InChI is InChI=1S/C20H21F3N4O/c1-12-6-13(17-4-2-3-5-24-17)7-14(27-12)10-28-15-8-16(20(21,22)23)19-18(9-15)25-11-26-19/h2-5,8-9,11-14,27H,6-7,10H2,1H3,(H,25,26). The highest BCUT2D eigenvalue weighted by molar-refractivity contribution is 5.80. The second kappa shape index (κ2) is 7.43. The maximum atomic E-state index is 13.3. The summed E-state index contributed by atoms with van der Waals surface area (Å²) in [7, 11) is 0. The summed E-state index contributed by atoms with van der Waals surface area (Å²) in [5, 5.41) is 3.47. The first-order valence-electron chi connectivity index (χ1n) is 9.24. The fourth-order valence-corrected chi connectivity index (χ4v) is 3.90. The van der Waals surface area contributed by atoms with Crippen molar-refractivity contribution >= 4 is 11.0 Å². The molecule has 1 aromatic carbocycles. The Balaban J connectivity index is 1.49. The average molecular weight is 390 g/mol. The monoisotopic (exact) mass is 390 g/mol. The molecule has 0 spiro atoms. The smallest absolute Gasteiger partial charge is 0.418 e. The van der Waals surface area contributed by atoms with E-state index in [-0.39, 0.29) is 30.0 Å². The topological polar surface area (TPSA) is 62.8 Å². The number of aromatic amines is 1. The minimum absolute atomic E-state index is 0.0301. The molecule has 1 fully saturated rings. The first-order valence-corrected chi connectivity index (χ1v) is 9.24. The summed E-state index contributed by atoms with van der Waals surface area (Å²) in [4.78, 5) is 11.0. The summed E-state index contributed by atoms with van der Waals surface area (Å²) < 4.78 is 45.8. The van der Waals surface area contributed by atoms with Gasteiger partial charge in [0, 0.05) is 36.0 Å². The Morgan fingerprint density at radius 2 is 2.04 bits per heavy atom. The zero-order chi connectivity index (χ0) is 19.7. The van der Waals surface area contributed by atoms with Gasteiger partial charge >= 0.3 is 6.18 Å². The third-order valence-corrected chi connectivity index (χ3v) is 5.09. The third-order valence-electron chi connectivity index (χ3n) is 5.09. The number of alkyl halides is 3. The number of hydrogen-bond acceptors (Lipinski definition) is 4. The van der Waals surface area contributed by atoms with Gasteiger partial charge in [-0.3, -0.25) is 4.98 Å². The zero-order valence-electron chi connectivity index (χ0n) is 15.3. The molecule has 0 saturated carbocycles. The number of nitrogens with zero attached hydrogens (tertiary/aromatic N) is 2. The highest BCUT2D eigenvalue weighted by Crippen LogP contribution is 2.36. The maximum absolute atomic E-state index is 13.3. The second-order valence-electron chi connectivity index (χ2n) is 7.27. The van der Waals surface area contributed by atoms with Crippen LogP contribution in [0.1, 0.15) is 36.9 Å². The minimum Gasteiger partial charge on any atom is -0.492 e. The molecule has 4 rings (SSSR count). The lowest BCUT2D eigenvalue weighted by atomic mass is 9.86. The summed E-state index contributed by atoms with van der Waals surface area (Å²) in [6.45, 7) is 2.38. The van der Waals surface area contributed by atoms with Gasteiger partial charge in [-0.15, -0.1) is 0 Å². The number of imidazole rings is 1. The molecule has 2 N–H and O–H groups in total. The Kier molecular flexibility index (Phi) is 4.97. The van der Waals surface area contributed by atoms with Gasteiger partial charge in [0.05, 0.1) is 17.4 Å². The summed E-state index contributed by atoms with van der Waals surface area (Å²) in [6.07, 6.45) is 0.331. The minimum atomic E-state index is -4.49. The van der Waals surface area contributed by atoms with Crippen molar-refractivity contribution in [1.29, 1.82) is 0 Å². The van der Waals surface area contributed by atoms with Gasteiger partial charge < -0.3 is 15.0 Å². The van der Waals surface area contributed by atoms with Gasteiger partial charge in [0.1, 0.15) is 17.9 Å². The van der Waals surface area contributed by atoms with Crippen molar-refractivity contribution in [1.82, 2.24) is 20.3 Å². The van der Waals surface area contributed by atoms with Crippen molar-refractivity contribution in [3.8, 4) is 5.75 Å². The molecule has 148 valence electrons. The zero-order valence-corrected chi connectivity index (χ0v) is 15.3. The van der Waals surface area contributed by atoms with Crippen LogP contribution in [-0.4, -0.2) is 33.6 Å². The first kappa shape index (κ1) is 18.7. The molecule has 5 nitrogen and oxygen atoms in total. The van der Waals surface area contributed by atoms with E-state index in [2.05, 4.69) is 27.2 Å². The van der Waals surface area contributed by atoms with Gasteiger partial charge in [-0.05, 0) is 38.0 Å². The van der Waals surface area contributed by atoms with E-state index in [1.807, 2.05) is 18.2 Å². The molecule has 3 unspecified atom stereocenters. The number of nitrogens with one attached hydrogen (secondary N) is 2. The fourth-order valence-electron chi connectivity index (χ4n) is 3.90. The van der Waals surface area contributed by atoms with Crippen LogP contribution in [0, 0.1) is 0 Å². The normalized spacial score (nSPS) is 23.1. The SMILES string of the molecule is CC1CC(c2ccccn2)CC(COc2cc(C(F)(F)F)c3nc[nH]c3c2)N1. The van der Waals surface area contributed by atoms with Crippen LogP contribution in [0.3, 0.4) is 0 Å². The molecule has 1 aliphatic rings. The molecule has 0 bridgehead atoms. The van der Waals surface area contributed by atoms with Crippen LogP contribution >= 0.6 is 0 Å². The van der Waals surface area contributed by atoms with E-state index in [1.165, 1.54) is 6.33 Å². The van der Waals surface area contributed by atoms with Gasteiger partial charge in [0.25, 0.3) is 0 Å². The lowest BCUT2D eigenvalue weighted by molar-refractivity contribution is -0.136.